The molecule has 1 aromatic heterocycles. The molecule has 1 rings (SSSR count). The predicted molar refractivity (Wildman–Crippen MR) is 58.2 cm³/mol. The number of rotatable bonds is 4. The topological polar surface area (TPSA) is 88.2 Å². The largest absolute Gasteiger partial charge is 0.478 e. The number of anilines is 1. The third-order valence-electron chi connectivity index (χ3n) is 2.00. The molecule has 1 aromatic rings. The number of carbonyl (C=O) groups is 1. The molecule has 0 aromatic carbocycles. The van der Waals surface area contributed by atoms with E-state index >= 15 is 0 Å². The van der Waals surface area contributed by atoms with Gasteiger partial charge in [0.1, 0.15) is 11.4 Å². The van der Waals surface area contributed by atoms with Gasteiger partial charge in [0.2, 0.25) is 0 Å². The molecular weight excluding hydrogens is 194 g/mol. The van der Waals surface area contributed by atoms with Crippen LogP contribution in [-0.2, 0) is 0 Å². The number of aromatic carboxylic acids is 1. The van der Waals surface area contributed by atoms with Crippen molar-refractivity contribution in [3.63, 3.8) is 0 Å². The highest BCUT2D eigenvalue weighted by Crippen LogP contribution is 2.18. The molecule has 1 heterocycles. The standard InChI is InChI=1S/C10H15N3O2/c1-6-5-7(2)13-9(12-4-3-11)8(6)10(14)15/h5H,3-4,11H2,1-2H3,(H,12,13)(H,14,15). The quantitative estimate of drug-likeness (QED) is 0.681. The molecule has 5 nitrogen and oxygen atoms in total. The molecule has 0 unspecified atom stereocenters. The van der Waals surface area contributed by atoms with Gasteiger partial charge in [-0.05, 0) is 25.5 Å². The summed E-state index contributed by atoms with van der Waals surface area (Å²) in [4.78, 5) is 15.2. The number of nitrogens with two attached hydrogens (primary N) is 1. The van der Waals surface area contributed by atoms with Gasteiger partial charge in [-0.1, -0.05) is 0 Å². The van der Waals surface area contributed by atoms with Gasteiger partial charge in [-0.25, -0.2) is 9.78 Å². The molecule has 4 N–H and O–H groups in total. The van der Waals surface area contributed by atoms with E-state index in [1.807, 2.05) is 6.92 Å². The maximum atomic E-state index is 11.0. The van der Waals surface area contributed by atoms with Gasteiger partial charge in [-0.3, -0.25) is 0 Å². The van der Waals surface area contributed by atoms with Crippen LogP contribution in [-0.4, -0.2) is 29.1 Å². The second kappa shape index (κ2) is 4.75. The monoisotopic (exact) mass is 209 g/mol. The first-order valence-corrected chi connectivity index (χ1v) is 4.71. The van der Waals surface area contributed by atoms with E-state index in [4.69, 9.17) is 10.8 Å². The summed E-state index contributed by atoms with van der Waals surface area (Å²) in [7, 11) is 0. The number of nitrogens with one attached hydrogen (secondary N) is 1. The summed E-state index contributed by atoms with van der Waals surface area (Å²) in [6.07, 6.45) is 0. The van der Waals surface area contributed by atoms with Crippen molar-refractivity contribution < 1.29 is 9.90 Å². The second-order valence-corrected chi connectivity index (χ2v) is 3.32. The Balaban J connectivity index is 3.14. The fourth-order valence-electron chi connectivity index (χ4n) is 1.43. The fraction of sp³-hybridized carbons (Fsp3) is 0.400. The molecular formula is C10H15N3O2. The van der Waals surface area contributed by atoms with Crippen LogP contribution in [0.4, 0.5) is 5.82 Å². The minimum Gasteiger partial charge on any atom is -0.478 e. The molecule has 0 fully saturated rings. The predicted octanol–water partition coefficient (Wildman–Crippen LogP) is 0.767. The first-order chi connectivity index (χ1) is 7.06. The fourth-order valence-corrected chi connectivity index (χ4v) is 1.43. The zero-order valence-corrected chi connectivity index (χ0v) is 8.87. The smallest absolute Gasteiger partial charge is 0.339 e. The number of nitrogens with zero attached hydrogens (tertiary/aromatic N) is 1. The summed E-state index contributed by atoms with van der Waals surface area (Å²) in [6.45, 7) is 4.53. The highest BCUT2D eigenvalue weighted by atomic mass is 16.4. The minimum atomic E-state index is -0.973. The van der Waals surface area contributed by atoms with Crippen LogP contribution in [0.15, 0.2) is 6.07 Å². The van der Waals surface area contributed by atoms with E-state index in [0.717, 1.165) is 5.69 Å². The molecule has 0 radical (unpaired) electrons. The number of aryl methyl sites for hydroxylation is 2. The molecule has 5 heteroatoms. The number of carboxylic acid groups (broad SMARTS) is 1. The van der Waals surface area contributed by atoms with Gasteiger partial charge in [-0.2, -0.15) is 0 Å². The van der Waals surface area contributed by atoms with Crippen LogP contribution in [0.3, 0.4) is 0 Å². The van der Waals surface area contributed by atoms with E-state index in [1.165, 1.54) is 0 Å². The third-order valence-corrected chi connectivity index (χ3v) is 2.00. The Bertz CT molecular complexity index is 377. The van der Waals surface area contributed by atoms with Gasteiger partial charge in [0.05, 0.1) is 0 Å². The van der Waals surface area contributed by atoms with Gasteiger partial charge in [-0.15, -0.1) is 0 Å². The lowest BCUT2D eigenvalue weighted by Gasteiger charge is -2.10. The number of carboxylic acids is 1. The van der Waals surface area contributed by atoms with Crippen LogP contribution >= 0.6 is 0 Å². The van der Waals surface area contributed by atoms with Gasteiger partial charge < -0.3 is 16.2 Å². The zero-order valence-electron chi connectivity index (χ0n) is 8.87. The van der Waals surface area contributed by atoms with Crippen molar-refractivity contribution in [1.82, 2.24) is 4.98 Å². The van der Waals surface area contributed by atoms with Crippen molar-refractivity contribution in [2.45, 2.75) is 13.8 Å². The Morgan fingerprint density at radius 1 is 1.60 bits per heavy atom. The summed E-state index contributed by atoms with van der Waals surface area (Å²) >= 11 is 0. The lowest BCUT2D eigenvalue weighted by molar-refractivity contribution is 0.0697. The van der Waals surface area contributed by atoms with Crippen LogP contribution in [0, 0.1) is 13.8 Å². The zero-order chi connectivity index (χ0) is 11.4. The lowest BCUT2D eigenvalue weighted by atomic mass is 10.1. The molecule has 0 aliphatic rings. The first-order valence-electron chi connectivity index (χ1n) is 4.71. The van der Waals surface area contributed by atoms with E-state index < -0.39 is 5.97 Å². The molecule has 0 amide bonds. The Morgan fingerprint density at radius 2 is 2.27 bits per heavy atom. The van der Waals surface area contributed by atoms with Crippen molar-refractivity contribution in [3.8, 4) is 0 Å². The average Bonchev–Trinajstić information content (AvgIpc) is 2.12. The molecule has 0 aliphatic carbocycles. The number of hydrogen-bond donors (Lipinski definition) is 3. The molecule has 0 spiro atoms. The van der Waals surface area contributed by atoms with Crippen molar-refractivity contribution in [3.05, 3.63) is 22.9 Å². The molecule has 82 valence electrons. The van der Waals surface area contributed by atoms with Gasteiger partial charge in [0.25, 0.3) is 0 Å². The third kappa shape index (κ3) is 2.66. The maximum Gasteiger partial charge on any atom is 0.339 e. The van der Waals surface area contributed by atoms with Crippen LogP contribution in [0.5, 0.6) is 0 Å². The van der Waals surface area contributed by atoms with Gasteiger partial charge >= 0.3 is 5.97 Å². The Morgan fingerprint density at radius 3 is 2.80 bits per heavy atom. The Labute approximate surface area is 88.3 Å². The van der Waals surface area contributed by atoms with Gasteiger partial charge in [0, 0.05) is 18.8 Å². The molecule has 0 bridgehead atoms. The van der Waals surface area contributed by atoms with E-state index in [9.17, 15) is 4.79 Å². The van der Waals surface area contributed by atoms with E-state index in [1.54, 1.807) is 13.0 Å². The number of pyridine rings is 1. The van der Waals surface area contributed by atoms with Crippen molar-refractivity contribution in [2.24, 2.45) is 5.73 Å². The average molecular weight is 209 g/mol. The summed E-state index contributed by atoms with van der Waals surface area (Å²) < 4.78 is 0. The highest BCUT2D eigenvalue weighted by Gasteiger charge is 2.14. The minimum absolute atomic E-state index is 0.217. The number of hydrogen-bond acceptors (Lipinski definition) is 4. The maximum absolute atomic E-state index is 11.0. The first kappa shape index (κ1) is 11.5. The van der Waals surface area contributed by atoms with Crippen LogP contribution in [0.25, 0.3) is 0 Å². The normalized spacial score (nSPS) is 10.1. The van der Waals surface area contributed by atoms with Gasteiger partial charge in [0.15, 0.2) is 0 Å². The van der Waals surface area contributed by atoms with E-state index in [-0.39, 0.29) is 5.56 Å². The second-order valence-electron chi connectivity index (χ2n) is 3.32. The molecule has 0 aliphatic heterocycles. The van der Waals surface area contributed by atoms with Crippen LogP contribution in [0.2, 0.25) is 0 Å². The summed E-state index contributed by atoms with van der Waals surface area (Å²) in [5, 5.41) is 11.9. The molecule has 0 atom stereocenters. The van der Waals surface area contributed by atoms with Crippen molar-refractivity contribution in [2.75, 3.05) is 18.4 Å². The summed E-state index contributed by atoms with van der Waals surface area (Å²) in [6, 6.07) is 1.75. The van der Waals surface area contributed by atoms with E-state index in [0.29, 0.717) is 24.5 Å². The lowest BCUT2D eigenvalue weighted by Crippen LogP contribution is -2.17. The Hall–Kier alpha value is -1.62. The van der Waals surface area contributed by atoms with Crippen molar-refractivity contribution in [1.29, 1.82) is 0 Å². The molecule has 15 heavy (non-hydrogen) atoms. The number of aromatic nitrogens is 1. The SMILES string of the molecule is Cc1cc(C)c(C(=O)O)c(NCCN)n1. The summed E-state index contributed by atoms with van der Waals surface area (Å²) in [5.74, 6) is -0.579. The summed E-state index contributed by atoms with van der Waals surface area (Å²) in [5.41, 5.74) is 7.05. The highest BCUT2D eigenvalue weighted by molar-refractivity contribution is 5.94. The van der Waals surface area contributed by atoms with Crippen LogP contribution in [0.1, 0.15) is 21.6 Å². The van der Waals surface area contributed by atoms with Crippen LogP contribution < -0.4 is 11.1 Å². The van der Waals surface area contributed by atoms with E-state index in [2.05, 4.69) is 10.3 Å². The Kier molecular flexibility index (Phi) is 3.62. The molecule has 0 saturated carbocycles. The van der Waals surface area contributed by atoms with Crippen molar-refractivity contribution >= 4 is 11.8 Å². The molecule has 0 saturated heterocycles.